The maximum absolute atomic E-state index is 14.1. The molecule has 2 aliphatic rings. The first-order valence-corrected chi connectivity index (χ1v) is 8.66. The fourth-order valence-electron chi connectivity index (χ4n) is 3.51. The van der Waals surface area contributed by atoms with Gasteiger partial charge in [0.05, 0.1) is 18.1 Å². The number of amides is 1. The van der Waals surface area contributed by atoms with Gasteiger partial charge in [0.25, 0.3) is 0 Å². The van der Waals surface area contributed by atoms with Gasteiger partial charge >= 0.3 is 0 Å². The van der Waals surface area contributed by atoms with E-state index in [4.69, 9.17) is 0 Å². The SMILES string of the molecule is O=C(NC1CC(c2ccncc2)NN1)C1CNNC1c1ccccc1F. The van der Waals surface area contributed by atoms with Gasteiger partial charge in [-0.15, -0.1) is 0 Å². The van der Waals surface area contributed by atoms with Crippen molar-refractivity contribution in [3.05, 3.63) is 65.7 Å². The van der Waals surface area contributed by atoms with E-state index in [-0.39, 0.29) is 23.9 Å². The molecule has 4 unspecified atom stereocenters. The molecule has 0 spiro atoms. The molecular weight excluding hydrogens is 335 g/mol. The summed E-state index contributed by atoms with van der Waals surface area (Å²) in [7, 11) is 0. The highest BCUT2D eigenvalue weighted by molar-refractivity contribution is 5.80. The highest BCUT2D eigenvalue weighted by Gasteiger charge is 2.37. The Kier molecular flexibility index (Phi) is 4.89. The maximum Gasteiger partial charge on any atom is 0.227 e. The van der Waals surface area contributed by atoms with Crippen LogP contribution in [0.15, 0.2) is 48.8 Å². The first kappa shape index (κ1) is 17.0. The zero-order valence-corrected chi connectivity index (χ0v) is 14.1. The summed E-state index contributed by atoms with van der Waals surface area (Å²) in [5, 5.41) is 3.01. The average molecular weight is 356 g/mol. The van der Waals surface area contributed by atoms with Crippen LogP contribution in [0.5, 0.6) is 0 Å². The second kappa shape index (κ2) is 7.46. The van der Waals surface area contributed by atoms with Gasteiger partial charge < -0.3 is 5.32 Å². The molecule has 0 saturated carbocycles. The number of carbonyl (C=O) groups is 1. The third kappa shape index (κ3) is 3.45. The van der Waals surface area contributed by atoms with E-state index < -0.39 is 12.0 Å². The van der Waals surface area contributed by atoms with Crippen LogP contribution in [0.2, 0.25) is 0 Å². The summed E-state index contributed by atoms with van der Waals surface area (Å²) in [5.74, 6) is -0.830. The van der Waals surface area contributed by atoms with Crippen LogP contribution in [-0.4, -0.2) is 23.6 Å². The molecule has 5 N–H and O–H groups in total. The average Bonchev–Trinajstić information content (AvgIpc) is 3.32. The molecule has 2 aromatic rings. The summed E-state index contributed by atoms with van der Waals surface area (Å²) in [5.41, 5.74) is 13.9. The van der Waals surface area contributed by atoms with Crippen LogP contribution < -0.4 is 27.0 Å². The van der Waals surface area contributed by atoms with E-state index in [0.29, 0.717) is 18.5 Å². The topological polar surface area (TPSA) is 90.1 Å². The Balaban J connectivity index is 1.40. The minimum absolute atomic E-state index is 0.102. The van der Waals surface area contributed by atoms with Crippen LogP contribution in [0.3, 0.4) is 0 Å². The number of aromatic nitrogens is 1. The highest BCUT2D eigenvalue weighted by Crippen LogP contribution is 2.27. The molecule has 7 nitrogen and oxygen atoms in total. The molecule has 0 aliphatic carbocycles. The van der Waals surface area contributed by atoms with Crippen LogP contribution in [0, 0.1) is 11.7 Å². The summed E-state index contributed by atoms with van der Waals surface area (Å²) < 4.78 is 14.1. The molecule has 4 rings (SSSR count). The minimum Gasteiger partial charge on any atom is -0.339 e. The Hall–Kier alpha value is -2.39. The van der Waals surface area contributed by atoms with E-state index in [2.05, 4.69) is 32.0 Å². The Morgan fingerprint density at radius 2 is 1.92 bits per heavy atom. The Morgan fingerprint density at radius 3 is 2.73 bits per heavy atom. The van der Waals surface area contributed by atoms with Crippen molar-refractivity contribution in [1.29, 1.82) is 0 Å². The third-order valence-corrected chi connectivity index (χ3v) is 4.89. The number of nitrogens with one attached hydrogen (secondary N) is 5. The van der Waals surface area contributed by atoms with Crippen molar-refractivity contribution < 1.29 is 9.18 Å². The number of carbonyl (C=O) groups excluding carboxylic acids is 1. The number of hydrogen-bond acceptors (Lipinski definition) is 6. The van der Waals surface area contributed by atoms with Crippen LogP contribution in [-0.2, 0) is 4.79 Å². The fraction of sp³-hybridized carbons (Fsp3) is 0.333. The van der Waals surface area contributed by atoms with Gasteiger partial charge in [0.15, 0.2) is 0 Å². The predicted octanol–water partition coefficient (Wildman–Crippen LogP) is 0.667. The monoisotopic (exact) mass is 356 g/mol. The van der Waals surface area contributed by atoms with Gasteiger partial charge in [0, 0.05) is 37.0 Å². The predicted molar refractivity (Wildman–Crippen MR) is 93.6 cm³/mol. The van der Waals surface area contributed by atoms with Crippen molar-refractivity contribution in [1.82, 2.24) is 32.0 Å². The molecule has 3 heterocycles. The van der Waals surface area contributed by atoms with Gasteiger partial charge in [-0.1, -0.05) is 18.2 Å². The van der Waals surface area contributed by atoms with E-state index in [1.807, 2.05) is 12.1 Å². The number of benzene rings is 1. The molecule has 2 aliphatic heterocycles. The fourth-order valence-corrected chi connectivity index (χ4v) is 3.51. The molecule has 0 bridgehead atoms. The van der Waals surface area contributed by atoms with Crippen molar-refractivity contribution in [3.8, 4) is 0 Å². The van der Waals surface area contributed by atoms with Gasteiger partial charge in [0.1, 0.15) is 5.82 Å². The molecule has 4 atom stereocenters. The second-order valence-electron chi connectivity index (χ2n) is 6.55. The lowest BCUT2D eigenvalue weighted by atomic mass is 9.93. The lowest BCUT2D eigenvalue weighted by Crippen LogP contribution is -2.47. The van der Waals surface area contributed by atoms with E-state index in [1.165, 1.54) is 6.07 Å². The van der Waals surface area contributed by atoms with Crippen molar-refractivity contribution in [3.63, 3.8) is 0 Å². The third-order valence-electron chi connectivity index (χ3n) is 4.89. The Morgan fingerprint density at radius 1 is 1.12 bits per heavy atom. The molecule has 136 valence electrons. The smallest absolute Gasteiger partial charge is 0.227 e. The zero-order chi connectivity index (χ0) is 17.9. The molecule has 0 radical (unpaired) electrons. The molecule has 2 saturated heterocycles. The number of nitrogens with zero attached hydrogens (tertiary/aromatic N) is 1. The van der Waals surface area contributed by atoms with E-state index in [9.17, 15) is 9.18 Å². The van der Waals surface area contributed by atoms with Gasteiger partial charge in [-0.2, -0.15) is 0 Å². The largest absolute Gasteiger partial charge is 0.339 e. The molecule has 26 heavy (non-hydrogen) atoms. The van der Waals surface area contributed by atoms with Gasteiger partial charge in [0.2, 0.25) is 5.91 Å². The molecular formula is C18H21FN6O. The lowest BCUT2D eigenvalue weighted by molar-refractivity contribution is -0.125. The van der Waals surface area contributed by atoms with Crippen molar-refractivity contribution in [2.45, 2.75) is 24.7 Å². The minimum atomic E-state index is -0.401. The van der Waals surface area contributed by atoms with Crippen LogP contribution in [0.1, 0.15) is 29.6 Å². The molecule has 1 aromatic carbocycles. The summed E-state index contributed by atoms with van der Waals surface area (Å²) >= 11 is 0. The molecule has 8 heteroatoms. The quantitative estimate of drug-likeness (QED) is 0.553. The van der Waals surface area contributed by atoms with Crippen LogP contribution in [0.4, 0.5) is 4.39 Å². The second-order valence-corrected chi connectivity index (χ2v) is 6.55. The first-order chi connectivity index (χ1) is 12.7. The number of halogens is 1. The normalized spacial score (nSPS) is 28.2. The Bertz CT molecular complexity index is 773. The zero-order valence-electron chi connectivity index (χ0n) is 14.1. The summed E-state index contributed by atoms with van der Waals surface area (Å²) in [6, 6.07) is 10.1. The van der Waals surface area contributed by atoms with E-state index >= 15 is 0 Å². The van der Waals surface area contributed by atoms with E-state index in [1.54, 1.807) is 30.6 Å². The summed E-state index contributed by atoms with van der Waals surface area (Å²) in [6.07, 6.45) is 4.02. The standard InChI is InChI=1S/C18H21FN6O/c19-14-4-2-1-3-12(14)17-13(10-21-25-17)18(26)22-16-9-15(23-24-16)11-5-7-20-8-6-11/h1-8,13,15-17,21,23-25H,9-10H2,(H,22,26). The van der Waals surface area contributed by atoms with E-state index in [0.717, 1.165) is 5.56 Å². The molecule has 1 aromatic heterocycles. The van der Waals surface area contributed by atoms with Gasteiger partial charge in [-0.05, 0) is 23.8 Å². The lowest BCUT2D eigenvalue weighted by Gasteiger charge is -2.21. The molecule has 1 amide bonds. The van der Waals surface area contributed by atoms with Crippen molar-refractivity contribution in [2.24, 2.45) is 5.92 Å². The van der Waals surface area contributed by atoms with Gasteiger partial charge in [-0.3, -0.25) is 15.2 Å². The number of pyridine rings is 1. The van der Waals surface area contributed by atoms with Crippen LogP contribution in [0.25, 0.3) is 0 Å². The van der Waals surface area contributed by atoms with Gasteiger partial charge in [-0.25, -0.2) is 20.7 Å². The maximum atomic E-state index is 14.1. The summed E-state index contributed by atoms with van der Waals surface area (Å²) in [6.45, 7) is 0.443. The first-order valence-electron chi connectivity index (χ1n) is 8.66. The molecule has 2 fully saturated rings. The van der Waals surface area contributed by atoms with Crippen LogP contribution >= 0.6 is 0 Å². The highest BCUT2D eigenvalue weighted by atomic mass is 19.1. The number of hydrazine groups is 2. The van der Waals surface area contributed by atoms with Crippen molar-refractivity contribution in [2.75, 3.05) is 6.54 Å². The number of rotatable bonds is 4. The number of hydrogen-bond donors (Lipinski definition) is 5. The summed E-state index contributed by atoms with van der Waals surface area (Å²) in [4.78, 5) is 16.8. The Labute approximate surface area is 150 Å². The van der Waals surface area contributed by atoms with Crippen molar-refractivity contribution >= 4 is 5.91 Å².